The molecule has 4 fully saturated rings. The number of nitrogens with one attached hydrogen (secondary N) is 1. The first-order valence-corrected chi connectivity index (χ1v) is 14.5. The number of rotatable bonds is 4. The molecule has 210 valence electrons. The molecule has 6 rings (SSSR count). The van der Waals surface area contributed by atoms with Gasteiger partial charge in [-0.1, -0.05) is 30.7 Å². The van der Waals surface area contributed by atoms with E-state index in [2.05, 4.69) is 17.5 Å². The van der Waals surface area contributed by atoms with Gasteiger partial charge in [-0.3, -0.25) is 4.79 Å². The minimum atomic E-state index is -1.19. The Morgan fingerprint density at radius 2 is 1.87 bits per heavy atom. The summed E-state index contributed by atoms with van der Waals surface area (Å²) < 4.78 is 5.23. The van der Waals surface area contributed by atoms with E-state index in [4.69, 9.17) is 16.3 Å². The van der Waals surface area contributed by atoms with Crippen molar-refractivity contribution in [3.05, 3.63) is 46.5 Å². The van der Waals surface area contributed by atoms with Gasteiger partial charge in [0.05, 0.1) is 27.9 Å². The molecule has 1 aromatic carbocycles. The molecule has 0 aromatic heterocycles. The number of amides is 1. The van der Waals surface area contributed by atoms with Crippen LogP contribution in [-0.4, -0.2) is 57.3 Å². The number of carbonyl (C=O) groups excluding carboxylic acids is 2. The summed E-state index contributed by atoms with van der Waals surface area (Å²) in [7, 11) is 0. The summed E-state index contributed by atoms with van der Waals surface area (Å²) in [6.07, 6.45) is 7.96. The molecule has 4 saturated carbocycles. The number of fused-ring (bicyclic) bond motifs is 5. The van der Waals surface area contributed by atoms with Gasteiger partial charge in [0.25, 0.3) is 5.91 Å². The van der Waals surface area contributed by atoms with Crippen molar-refractivity contribution in [1.82, 2.24) is 5.43 Å². The van der Waals surface area contributed by atoms with E-state index in [0.29, 0.717) is 49.3 Å². The zero-order valence-electron chi connectivity index (χ0n) is 22.2. The first-order valence-electron chi connectivity index (χ1n) is 14.1. The number of esters is 1. The highest BCUT2D eigenvalue weighted by Crippen LogP contribution is 2.70. The van der Waals surface area contributed by atoms with Crippen molar-refractivity contribution in [3.63, 3.8) is 0 Å². The van der Waals surface area contributed by atoms with Gasteiger partial charge in [0.15, 0.2) is 0 Å². The van der Waals surface area contributed by atoms with Crippen molar-refractivity contribution in [2.24, 2.45) is 33.7 Å². The molecule has 0 spiro atoms. The summed E-state index contributed by atoms with van der Waals surface area (Å²) >= 11 is 6.19. The standard InChI is InChI=1S/C30H37ClN2O6/c1-27-10-7-22-23(30(27,38)13-9-21(27)18-14-25(35)39-16-18)8-12-29(37)15-19(34)6-11-28(22,29)17-32-33-26(36)20-4-2-3-5-24(20)31/h2-5,14,17,19,21-23,34,37-38H,6-13,15-16H2,1H3,(H,33,36)/t19-,21?,22+,23-,27?,28?,29?,30?/m1/s1. The zero-order valence-corrected chi connectivity index (χ0v) is 23.0. The van der Waals surface area contributed by atoms with Crippen molar-refractivity contribution in [2.75, 3.05) is 6.61 Å². The number of aliphatic hydroxyl groups excluding tert-OH is 1. The number of hydrogen-bond acceptors (Lipinski definition) is 7. The topological polar surface area (TPSA) is 128 Å². The Morgan fingerprint density at radius 1 is 1.10 bits per heavy atom. The molecule has 0 saturated heterocycles. The molecule has 8 nitrogen and oxygen atoms in total. The third-order valence-electron chi connectivity index (χ3n) is 11.2. The highest BCUT2D eigenvalue weighted by Gasteiger charge is 2.71. The van der Waals surface area contributed by atoms with E-state index in [0.717, 1.165) is 24.8 Å². The van der Waals surface area contributed by atoms with Crippen molar-refractivity contribution < 1.29 is 29.6 Å². The van der Waals surface area contributed by atoms with Crippen molar-refractivity contribution in [1.29, 1.82) is 0 Å². The summed E-state index contributed by atoms with van der Waals surface area (Å²) in [5.41, 5.74) is 0.526. The van der Waals surface area contributed by atoms with Crippen molar-refractivity contribution in [2.45, 2.75) is 82.0 Å². The Morgan fingerprint density at radius 3 is 2.62 bits per heavy atom. The number of hydrazone groups is 1. The lowest BCUT2D eigenvalue weighted by Crippen LogP contribution is -2.68. The van der Waals surface area contributed by atoms with Gasteiger partial charge in [-0.25, -0.2) is 10.2 Å². The second-order valence-corrected chi connectivity index (χ2v) is 13.1. The van der Waals surface area contributed by atoms with Gasteiger partial charge in [-0.2, -0.15) is 5.10 Å². The van der Waals surface area contributed by atoms with Crippen LogP contribution in [0.3, 0.4) is 0 Å². The predicted octanol–water partition coefficient (Wildman–Crippen LogP) is 3.77. The summed E-state index contributed by atoms with van der Waals surface area (Å²) in [6.45, 7) is 2.45. The average molecular weight is 557 g/mol. The van der Waals surface area contributed by atoms with Gasteiger partial charge in [-0.15, -0.1) is 0 Å². The number of ether oxygens (including phenoxy) is 1. The lowest BCUT2D eigenvalue weighted by molar-refractivity contribution is -0.237. The third-order valence-corrected chi connectivity index (χ3v) is 11.5. The fraction of sp³-hybridized carbons (Fsp3) is 0.633. The minimum Gasteiger partial charge on any atom is -0.458 e. The van der Waals surface area contributed by atoms with Gasteiger partial charge >= 0.3 is 5.97 Å². The molecule has 1 amide bonds. The molecule has 39 heavy (non-hydrogen) atoms. The molecular formula is C30H37ClN2O6. The molecule has 5 aliphatic rings. The Kier molecular flexibility index (Phi) is 6.49. The Hall–Kier alpha value is -2.26. The van der Waals surface area contributed by atoms with Gasteiger partial charge in [0, 0.05) is 29.5 Å². The average Bonchev–Trinajstić information content (AvgIpc) is 3.44. The van der Waals surface area contributed by atoms with Crippen LogP contribution in [0.1, 0.15) is 75.1 Å². The van der Waals surface area contributed by atoms with E-state index >= 15 is 0 Å². The maximum Gasteiger partial charge on any atom is 0.331 e. The molecule has 1 heterocycles. The number of carbonyl (C=O) groups is 2. The summed E-state index contributed by atoms with van der Waals surface area (Å²) in [4.78, 5) is 24.7. The largest absolute Gasteiger partial charge is 0.458 e. The van der Waals surface area contributed by atoms with Crippen molar-refractivity contribution in [3.8, 4) is 0 Å². The SMILES string of the molecule is CC12CC[C@H]3[C@@H](CCC4(O)C[C@H](O)CCC34C=NNC(=O)c3ccccc3Cl)C1(O)CCC2C1=CC(=O)OC1. The van der Waals surface area contributed by atoms with Crippen LogP contribution >= 0.6 is 11.6 Å². The third kappa shape index (κ3) is 3.93. The quantitative estimate of drug-likeness (QED) is 0.254. The highest BCUT2D eigenvalue weighted by atomic mass is 35.5. The van der Waals surface area contributed by atoms with Crippen molar-refractivity contribution >= 4 is 29.7 Å². The molecule has 0 radical (unpaired) electrons. The second-order valence-electron chi connectivity index (χ2n) is 12.7. The number of hydrogen-bond donors (Lipinski definition) is 4. The smallest absolute Gasteiger partial charge is 0.331 e. The van der Waals surface area contributed by atoms with Crippen LogP contribution in [0.4, 0.5) is 0 Å². The summed E-state index contributed by atoms with van der Waals surface area (Å²) in [5.74, 6) is -0.827. The Balaban J connectivity index is 1.33. The van der Waals surface area contributed by atoms with E-state index in [1.807, 2.05) is 0 Å². The first-order chi connectivity index (χ1) is 18.5. The molecule has 5 unspecified atom stereocenters. The molecule has 4 N–H and O–H groups in total. The van der Waals surface area contributed by atoms with Crippen LogP contribution in [0, 0.1) is 28.6 Å². The fourth-order valence-electron chi connectivity index (χ4n) is 9.27. The van der Waals surface area contributed by atoms with Crippen LogP contribution < -0.4 is 5.43 Å². The van der Waals surface area contributed by atoms with E-state index in [1.165, 1.54) is 0 Å². The number of aliphatic hydroxyl groups is 3. The van der Waals surface area contributed by atoms with Crippen LogP contribution in [0.25, 0.3) is 0 Å². The molecule has 0 bridgehead atoms. The second kappa shape index (κ2) is 9.40. The monoisotopic (exact) mass is 556 g/mol. The summed E-state index contributed by atoms with van der Waals surface area (Å²) in [6, 6.07) is 6.75. The van der Waals surface area contributed by atoms with Gasteiger partial charge in [0.2, 0.25) is 0 Å². The molecule has 1 aliphatic heterocycles. The van der Waals surface area contributed by atoms with E-state index in [9.17, 15) is 24.9 Å². The van der Waals surface area contributed by atoms with Crippen LogP contribution in [0.5, 0.6) is 0 Å². The van der Waals surface area contributed by atoms with Crippen LogP contribution in [-0.2, 0) is 9.53 Å². The zero-order chi connectivity index (χ0) is 27.6. The van der Waals surface area contributed by atoms with E-state index in [1.54, 1.807) is 36.6 Å². The number of cyclic esters (lactones) is 1. The lowest BCUT2D eigenvalue weighted by Gasteiger charge is -2.65. The highest BCUT2D eigenvalue weighted by molar-refractivity contribution is 6.33. The maximum absolute atomic E-state index is 12.8. The van der Waals surface area contributed by atoms with Crippen LogP contribution in [0.15, 0.2) is 41.0 Å². The number of benzene rings is 1. The van der Waals surface area contributed by atoms with E-state index in [-0.39, 0.29) is 30.1 Å². The van der Waals surface area contributed by atoms with Gasteiger partial charge < -0.3 is 20.1 Å². The van der Waals surface area contributed by atoms with Crippen LogP contribution in [0.2, 0.25) is 5.02 Å². The molecule has 9 heteroatoms. The Labute approximate surface area is 233 Å². The van der Waals surface area contributed by atoms with Gasteiger partial charge in [0.1, 0.15) is 6.61 Å². The minimum absolute atomic E-state index is 0.0722. The molecule has 1 aromatic rings. The lowest BCUT2D eigenvalue weighted by atomic mass is 9.41. The molecule has 8 atom stereocenters. The Bertz CT molecular complexity index is 1250. The fourth-order valence-corrected chi connectivity index (χ4v) is 9.49. The summed E-state index contributed by atoms with van der Waals surface area (Å²) in [5, 5.41) is 39.8. The first kappa shape index (κ1) is 26.9. The molecular weight excluding hydrogens is 520 g/mol. The molecule has 4 aliphatic carbocycles. The number of nitrogens with zero attached hydrogens (tertiary/aromatic N) is 1. The normalized spacial score (nSPS) is 43.3. The predicted molar refractivity (Wildman–Crippen MR) is 145 cm³/mol. The van der Waals surface area contributed by atoms with Gasteiger partial charge in [-0.05, 0) is 86.8 Å². The number of halogens is 1. The van der Waals surface area contributed by atoms with E-state index < -0.39 is 34.0 Å². The maximum atomic E-state index is 12.8.